The normalized spacial score (nSPS) is 38.3. The summed E-state index contributed by atoms with van der Waals surface area (Å²) < 4.78 is 94.2. The first-order chi connectivity index (χ1) is 20.9. The van der Waals surface area contributed by atoms with Gasteiger partial charge in [-0.25, -0.2) is 43.2 Å². The molecule has 3 aliphatic heterocycles. The summed E-state index contributed by atoms with van der Waals surface area (Å²) in [5.74, 6) is 0.0934. The van der Waals surface area contributed by atoms with Gasteiger partial charge in [-0.15, -0.1) is 0 Å². The average Bonchev–Trinajstić information content (AvgIpc) is 3.73. The molecule has 0 aromatic carbocycles. The molecule has 19 nitrogen and oxygen atoms in total. The Labute approximate surface area is 245 Å². The van der Waals surface area contributed by atoms with Gasteiger partial charge < -0.3 is 39.4 Å². The topological polar surface area (TPSA) is 249 Å². The van der Waals surface area contributed by atoms with Gasteiger partial charge >= 0.3 is 7.82 Å². The van der Waals surface area contributed by atoms with Crippen LogP contribution in [0.3, 0.4) is 0 Å². The summed E-state index contributed by atoms with van der Waals surface area (Å²) in [5, 5.41) is 0. The molecule has 10 atom stereocenters. The van der Waals surface area contributed by atoms with E-state index in [1.54, 1.807) is 0 Å². The second-order valence-corrected chi connectivity index (χ2v) is 11.9. The Morgan fingerprint density at radius 3 is 2.00 bits per heavy atom. The third-order valence-corrected chi connectivity index (χ3v) is 8.82. The number of rotatable bonds is 2. The van der Waals surface area contributed by atoms with Crippen molar-refractivity contribution in [2.45, 2.75) is 49.2 Å². The molecule has 0 aliphatic carbocycles. The molecule has 3 aliphatic rings. The van der Waals surface area contributed by atoms with E-state index in [0.717, 1.165) is 6.33 Å². The predicted octanol–water partition coefficient (Wildman–Crippen LogP) is -0.307. The van der Waals surface area contributed by atoms with Crippen LogP contribution in [0.5, 0.6) is 0 Å². The van der Waals surface area contributed by atoms with Gasteiger partial charge in [-0.1, -0.05) is 0 Å². The maximum atomic E-state index is 15.9. The molecule has 5 N–H and O–H groups in total. The van der Waals surface area contributed by atoms with Crippen molar-refractivity contribution in [1.29, 1.82) is 0 Å². The van der Waals surface area contributed by atoms with Crippen LogP contribution in [-0.2, 0) is 36.7 Å². The van der Waals surface area contributed by atoms with E-state index in [1.165, 1.54) is 28.1 Å². The van der Waals surface area contributed by atoms with Gasteiger partial charge in [0.25, 0.3) is 0 Å². The van der Waals surface area contributed by atoms with Crippen molar-refractivity contribution >= 4 is 56.8 Å². The summed E-state index contributed by atoms with van der Waals surface area (Å²) in [5.41, 5.74) is 12.4. The van der Waals surface area contributed by atoms with Crippen LogP contribution in [0, 0.1) is 0 Å². The number of hydrogen-bond acceptors (Lipinski definition) is 16. The summed E-state index contributed by atoms with van der Waals surface area (Å²) in [7, 11) is -10.3. The Balaban J connectivity index is 1.20. The number of hydrogen-bond donors (Lipinski definition) is 3. The first-order valence-corrected chi connectivity index (χ1v) is 15.1. The van der Waals surface area contributed by atoms with Crippen LogP contribution >= 0.6 is 15.3 Å². The van der Waals surface area contributed by atoms with Gasteiger partial charge in [-0.05, 0) is 0 Å². The fourth-order valence-corrected chi connectivity index (χ4v) is 6.78. The zero-order chi connectivity index (χ0) is 31.0. The summed E-state index contributed by atoms with van der Waals surface area (Å²) in [6.07, 6.45) is -8.35. The molecule has 24 heteroatoms. The Hall–Kier alpha value is -3.20. The number of phosphoric acid groups is 1. The molecule has 2 bridgehead atoms. The maximum absolute atomic E-state index is 15.9. The number of nitrogens with zero attached hydrogens (tertiary/aromatic N) is 8. The molecular formula is C20H24BF2N10O9P2-. The van der Waals surface area contributed by atoms with Gasteiger partial charge in [-0.2, -0.15) is 0 Å². The van der Waals surface area contributed by atoms with E-state index in [4.69, 9.17) is 39.0 Å². The van der Waals surface area contributed by atoms with E-state index in [-0.39, 0.29) is 34.0 Å². The maximum Gasteiger partial charge on any atom is 0.472 e. The smallest absolute Gasteiger partial charge is 0.382 e. The summed E-state index contributed by atoms with van der Waals surface area (Å²) in [4.78, 5) is 34.7. The highest BCUT2D eigenvalue weighted by Crippen LogP contribution is 2.54. The number of nitrogen functional groups attached to an aromatic ring is 2. The first kappa shape index (κ1) is 29.5. The third kappa shape index (κ3) is 5.05. The second kappa shape index (κ2) is 10.7. The van der Waals surface area contributed by atoms with Crippen LogP contribution in [0.2, 0.25) is 0 Å². The lowest BCUT2D eigenvalue weighted by molar-refractivity contribution is -0.0613. The molecule has 7 rings (SSSR count). The van der Waals surface area contributed by atoms with Crippen LogP contribution in [0.1, 0.15) is 12.5 Å². The van der Waals surface area contributed by atoms with E-state index < -0.39 is 85.3 Å². The molecular weight excluding hydrogens is 635 g/mol. The fourth-order valence-electron chi connectivity index (χ4n) is 5.07. The third-order valence-electron chi connectivity index (χ3n) is 7.06. The molecule has 1 unspecified atom stereocenters. The molecule has 0 radical (unpaired) electrons. The van der Waals surface area contributed by atoms with Crippen molar-refractivity contribution in [1.82, 2.24) is 39.0 Å². The summed E-state index contributed by atoms with van der Waals surface area (Å²) >= 11 is 0. The molecule has 236 valence electrons. The minimum absolute atomic E-state index is 0.0384. The highest BCUT2D eigenvalue weighted by molar-refractivity contribution is 7.79. The standard InChI is InChI=1S/C20H24BF2N10O9P2/c21-43(34)37-2-8-13(10(23)19(40-8)32-5-30-11-15(24)26-3-28-17(11)32)42-44(35,36)38-1-7-9(22)14(41-43)20(39-7)33-6-31-12-16(25)27-4-29-18(12)33/h3-10,13-14,19-20H,1-2H2,21H3,(H,35,36)(H2,24,26,28)(H2,25,27,29)/q-1/t7-,8-,9-,10-,13-,14-,19-,20-,43+/m1/s1. The minimum Gasteiger partial charge on any atom is -0.382 e. The Morgan fingerprint density at radius 2 is 1.36 bits per heavy atom. The first-order valence-electron chi connectivity index (χ1n) is 12.5. The lowest BCUT2D eigenvalue weighted by Crippen LogP contribution is -2.34. The molecule has 4 aromatic rings. The van der Waals surface area contributed by atoms with Gasteiger partial charge in [0.2, 0.25) is 0 Å². The summed E-state index contributed by atoms with van der Waals surface area (Å²) in [6, 6.07) is 0. The number of phosphoric ester groups is 1. The van der Waals surface area contributed by atoms with Crippen molar-refractivity contribution in [3.63, 3.8) is 0 Å². The van der Waals surface area contributed by atoms with Crippen LogP contribution in [0.25, 0.3) is 22.3 Å². The average molecular weight is 659 g/mol. The zero-order valence-electron chi connectivity index (χ0n) is 21.4. The highest BCUT2D eigenvalue weighted by Gasteiger charge is 2.54. The number of ether oxygens (including phenoxy) is 2. The Kier molecular flexibility index (Phi) is 7.18. The Morgan fingerprint density at radius 1 is 0.795 bits per heavy atom. The quantitative estimate of drug-likeness (QED) is 0.184. The zero-order valence-corrected chi connectivity index (χ0v) is 23.2. The van der Waals surface area contributed by atoms with Gasteiger partial charge in [0.15, 0.2) is 47.7 Å². The lowest BCUT2D eigenvalue weighted by atomic mass is 10.1. The molecule has 0 spiro atoms. The number of aromatic nitrogens is 8. The van der Waals surface area contributed by atoms with Crippen LogP contribution in [0.4, 0.5) is 20.4 Å². The van der Waals surface area contributed by atoms with Gasteiger partial charge in [0.1, 0.15) is 55.6 Å². The number of imidazole rings is 2. The van der Waals surface area contributed by atoms with Crippen molar-refractivity contribution in [2.24, 2.45) is 0 Å². The lowest BCUT2D eigenvalue weighted by Gasteiger charge is -2.29. The highest BCUT2D eigenvalue weighted by atomic mass is 31.2. The number of nitrogens with two attached hydrogens (primary N) is 2. The van der Waals surface area contributed by atoms with E-state index in [1.807, 2.05) is 0 Å². The van der Waals surface area contributed by atoms with Crippen molar-refractivity contribution in [3.8, 4) is 0 Å². The largest absolute Gasteiger partial charge is 0.472 e. The molecule has 44 heavy (non-hydrogen) atoms. The molecule has 3 fully saturated rings. The van der Waals surface area contributed by atoms with Crippen molar-refractivity contribution in [3.05, 3.63) is 25.3 Å². The van der Waals surface area contributed by atoms with Gasteiger partial charge in [-0.3, -0.25) is 18.2 Å². The fraction of sp³-hybridized carbons (Fsp3) is 0.500. The van der Waals surface area contributed by atoms with Crippen LogP contribution in [0.15, 0.2) is 25.3 Å². The Bertz CT molecular complexity index is 1840. The molecule has 0 saturated carbocycles. The predicted molar refractivity (Wildman–Crippen MR) is 146 cm³/mol. The monoisotopic (exact) mass is 659 g/mol. The number of alkyl halides is 2. The molecule has 0 amide bonds. The van der Waals surface area contributed by atoms with Crippen LogP contribution in [-0.4, -0.2) is 101 Å². The van der Waals surface area contributed by atoms with E-state index in [2.05, 4.69) is 29.9 Å². The van der Waals surface area contributed by atoms with Crippen LogP contribution < -0.4 is 11.5 Å². The second-order valence-electron chi connectivity index (χ2n) is 9.61. The van der Waals surface area contributed by atoms with E-state index in [9.17, 15) is 14.0 Å². The SMILES string of the molecule is [BH3-][P@]1(=O)OC[C@H]2O[C@@H](n3cnc4c(N)ncnc43)[C@H](F)[C@@H]2OP(=O)(O)OC[C@H]2O[C@@H](n3cnc4c(N)ncnc43)[C@H](O1)[C@@H]2F. The summed E-state index contributed by atoms with van der Waals surface area (Å²) in [6.45, 7) is -1.43. The molecule has 3 saturated heterocycles. The van der Waals surface area contributed by atoms with E-state index >= 15 is 8.78 Å². The van der Waals surface area contributed by atoms with Crippen molar-refractivity contribution < 1.29 is 50.4 Å². The number of anilines is 2. The molecule has 4 aromatic heterocycles. The molecule has 7 heterocycles. The van der Waals surface area contributed by atoms with Crippen molar-refractivity contribution in [2.75, 3.05) is 24.7 Å². The number of fused-ring (bicyclic) bond motifs is 5. The minimum atomic E-state index is -5.08. The van der Waals surface area contributed by atoms with Gasteiger partial charge in [0.05, 0.1) is 33.4 Å². The number of halogens is 2. The van der Waals surface area contributed by atoms with E-state index in [0.29, 0.717) is 0 Å². The van der Waals surface area contributed by atoms with Gasteiger partial charge in [0, 0.05) is 0 Å².